The minimum absolute atomic E-state index is 0.0543. The van der Waals surface area contributed by atoms with Crippen LogP contribution < -0.4 is 15.8 Å². The molecule has 11 nitrogen and oxygen atoms in total. The smallest absolute Gasteiger partial charge is 0.372 e. The molecule has 188 valence electrons. The van der Waals surface area contributed by atoms with E-state index in [1.165, 1.54) is 29.5 Å². The van der Waals surface area contributed by atoms with Crippen LogP contribution in [0.25, 0.3) is 10.2 Å². The number of Topliss-reactive ketones (excluding diaryl/α,β-unsaturated/α-hetero) is 1. The maximum Gasteiger partial charge on any atom is 0.372 e. The number of ether oxygens (including phenoxy) is 1. The van der Waals surface area contributed by atoms with Crippen molar-refractivity contribution in [2.45, 2.75) is 32.2 Å². The maximum absolute atomic E-state index is 12.9. The molecule has 0 unspecified atom stereocenters. The van der Waals surface area contributed by atoms with E-state index in [-0.39, 0.29) is 42.2 Å². The van der Waals surface area contributed by atoms with Crippen LogP contribution in [0.3, 0.4) is 0 Å². The van der Waals surface area contributed by atoms with Crippen LogP contribution in [-0.4, -0.2) is 57.3 Å². The van der Waals surface area contributed by atoms with Gasteiger partial charge in [0.15, 0.2) is 0 Å². The topological polar surface area (TPSA) is 193 Å². The zero-order valence-corrected chi connectivity index (χ0v) is 20.1. The van der Waals surface area contributed by atoms with E-state index in [0.29, 0.717) is 5.56 Å². The lowest BCUT2D eigenvalue weighted by Gasteiger charge is -2.20. The van der Waals surface area contributed by atoms with Crippen molar-refractivity contribution in [2.24, 2.45) is 5.73 Å². The number of rotatable bonds is 12. The SMILES string of the molecule is Cc1nc2ccc(C(=O)N[C@H](CCC(=O)O)COc3cc(C(=N)N)ccc3CC(=O)C(=O)O)cc2s1. The Morgan fingerprint density at radius 1 is 1.14 bits per heavy atom. The van der Waals surface area contributed by atoms with Crippen molar-refractivity contribution in [3.05, 3.63) is 58.1 Å². The Labute approximate surface area is 209 Å². The van der Waals surface area contributed by atoms with Crippen molar-refractivity contribution in [3.63, 3.8) is 0 Å². The van der Waals surface area contributed by atoms with Gasteiger partial charge in [-0.1, -0.05) is 12.1 Å². The van der Waals surface area contributed by atoms with Crippen LogP contribution in [0.15, 0.2) is 36.4 Å². The number of carboxylic acids is 2. The molecule has 6 N–H and O–H groups in total. The summed E-state index contributed by atoms with van der Waals surface area (Å²) >= 11 is 1.45. The maximum atomic E-state index is 12.9. The number of carbonyl (C=O) groups excluding carboxylic acids is 2. The van der Waals surface area contributed by atoms with E-state index < -0.39 is 36.1 Å². The summed E-state index contributed by atoms with van der Waals surface area (Å²) in [5.74, 6) is -4.30. The Morgan fingerprint density at radius 3 is 2.53 bits per heavy atom. The Kier molecular flexibility index (Phi) is 8.33. The van der Waals surface area contributed by atoms with Gasteiger partial charge in [-0.15, -0.1) is 11.3 Å². The Balaban J connectivity index is 1.80. The summed E-state index contributed by atoms with van der Waals surface area (Å²) in [6.45, 7) is 1.69. The number of thiazole rings is 1. The first-order valence-corrected chi connectivity index (χ1v) is 11.6. The molecular formula is C24H24N4O7S. The van der Waals surface area contributed by atoms with Gasteiger partial charge in [-0.25, -0.2) is 9.78 Å². The van der Waals surface area contributed by atoms with E-state index in [9.17, 15) is 19.2 Å². The highest BCUT2D eigenvalue weighted by Gasteiger charge is 2.20. The normalized spacial score (nSPS) is 11.6. The van der Waals surface area contributed by atoms with Crippen LogP contribution >= 0.6 is 11.3 Å². The molecule has 0 saturated carbocycles. The summed E-state index contributed by atoms with van der Waals surface area (Å²) in [5, 5.41) is 29.3. The molecule has 36 heavy (non-hydrogen) atoms. The number of carbonyl (C=O) groups is 4. The third kappa shape index (κ3) is 6.85. The number of nitrogens with one attached hydrogen (secondary N) is 2. The lowest BCUT2D eigenvalue weighted by atomic mass is 10.0. The highest BCUT2D eigenvalue weighted by atomic mass is 32.1. The number of aliphatic carboxylic acids is 2. The summed E-state index contributed by atoms with van der Waals surface area (Å²) in [5.41, 5.74) is 7.22. The monoisotopic (exact) mass is 512 g/mol. The molecular weight excluding hydrogens is 488 g/mol. The average molecular weight is 513 g/mol. The highest BCUT2D eigenvalue weighted by molar-refractivity contribution is 7.18. The molecule has 3 rings (SSSR count). The molecule has 1 heterocycles. The Hall–Kier alpha value is -4.32. The number of nitrogens with two attached hydrogens (primary N) is 1. The summed E-state index contributed by atoms with van der Waals surface area (Å²) in [4.78, 5) is 51.2. The van der Waals surface area contributed by atoms with Gasteiger partial charge in [-0.2, -0.15) is 0 Å². The molecule has 0 aliphatic heterocycles. The highest BCUT2D eigenvalue weighted by Crippen LogP contribution is 2.24. The fourth-order valence-corrected chi connectivity index (χ4v) is 4.25. The lowest BCUT2D eigenvalue weighted by molar-refractivity contribution is -0.148. The second-order valence-corrected chi connectivity index (χ2v) is 9.21. The molecule has 2 aromatic carbocycles. The average Bonchev–Trinajstić information content (AvgIpc) is 3.20. The van der Waals surface area contributed by atoms with E-state index in [1.54, 1.807) is 18.2 Å². The van der Waals surface area contributed by atoms with Gasteiger partial charge < -0.3 is 26.0 Å². The molecule has 0 saturated heterocycles. The number of amides is 1. The van der Waals surface area contributed by atoms with E-state index in [1.807, 2.05) is 6.92 Å². The number of aryl methyl sites for hydroxylation is 1. The van der Waals surface area contributed by atoms with Crippen LogP contribution in [0.5, 0.6) is 5.75 Å². The minimum atomic E-state index is -1.60. The summed E-state index contributed by atoms with van der Waals surface area (Å²) in [7, 11) is 0. The summed E-state index contributed by atoms with van der Waals surface area (Å²) in [6.07, 6.45) is -0.638. The number of nitrogen functional groups attached to an aromatic ring is 1. The van der Waals surface area contributed by atoms with Gasteiger partial charge in [0.25, 0.3) is 5.91 Å². The van der Waals surface area contributed by atoms with Crippen molar-refractivity contribution >= 4 is 51.0 Å². The number of fused-ring (bicyclic) bond motifs is 1. The van der Waals surface area contributed by atoms with Crippen LogP contribution in [0, 0.1) is 12.3 Å². The number of nitrogens with zero attached hydrogens (tertiary/aromatic N) is 1. The van der Waals surface area contributed by atoms with Crippen molar-refractivity contribution in [2.75, 3.05) is 6.61 Å². The third-order valence-corrected chi connectivity index (χ3v) is 6.14. The first-order chi connectivity index (χ1) is 17.0. The molecule has 0 fully saturated rings. The Morgan fingerprint density at radius 2 is 1.86 bits per heavy atom. The zero-order valence-electron chi connectivity index (χ0n) is 19.2. The fraction of sp³-hybridized carbons (Fsp3) is 0.250. The van der Waals surface area contributed by atoms with Crippen molar-refractivity contribution in [1.29, 1.82) is 5.41 Å². The number of hydrogen-bond acceptors (Lipinski definition) is 8. The van der Waals surface area contributed by atoms with Gasteiger partial charge in [0.1, 0.15) is 18.2 Å². The van der Waals surface area contributed by atoms with Gasteiger partial charge in [-0.3, -0.25) is 19.8 Å². The van der Waals surface area contributed by atoms with Crippen molar-refractivity contribution < 1.29 is 34.1 Å². The number of amidine groups is 1. The second kappa shape index (κ2) is 11.4. The molecule has 0 radical (unpaired) electrons. The van der Waals surface area contributed by atoms with Gasteiger partial charge >= 0.3 is 11.9 Å². The van der Waals surface area contributed by atoms with Crippen LogP contribution in [-0.2, 0) is 20.8 Å². The van der Waals surface area contributed by atoms with E-state index in [4.69, 9.17) is 26.1 Å². The molecule has 1 atom stereocenters. The standard InChI is InChI=1S/C24H24N4O7S/c1-12-27-17-6-4-15(10-20(17)36-12)23(32)28-16(5-7-21(30)31)11-35-19-9-14(22(25)26)3-2-13(19)8-18(29)24(33)34/h2-4,6,9-10,16H,5,7-8,11H2,1H3,(H3,25,26)(H,28,32)(H,30,31)(H,33,34)/t16-/m1/s1. The number of ketones is 1. The predicted octanol–water partition coefficient (Wildman–Crippen LogP) is 2.13. The van der Waals surface area contributed by atoms with E-state index >= 15 is 0 Å². The quantitative estimate of drug-likeness (QED) is 0.137. The van der Waals surface area contributed by atoms with Gasteiger partial charge in [-0.05, 0) is 37.6 Å². The van der Waals surface area contributed by atoms with Gasteiger partial charge in [0.05, 0.1) is 21.3 Å². The van der Waals surface area contributed by atoms with Crippen LogP contribution in [0.4, 0.5) is 0 Å². The molecule has 1 amide bonds. The van der Waals surface area contributed by atoms with Crippen LogP contribution in [0.1, 0.15) is 39.3 Å². The zero-order chi connectivity index (χ0) is 26.4. The van der Waals surface area contributed by atoms with Gasteiger partial charge in [0.2, 0.25) is 5.78 Å². The van der Waals surface area contributed by atoms with Gasteiger partial charge in [0, 0.05) is 29.5 Å². The first-order valence-electron chi connectivity index (χ1n) is 10.8. The van der Waals surface area contributed by atoms with Crippen molar-refractivity contribution in [1.82, 2.24) is 10.3 Å². The van der Waals surface area contributed by atoms with Crippen LogP contribution in [0.2, 0.25) is 0 Å². The third-order valence-electron chi connectivity index (χ3n) is 5.21. The first kappa shape index (κ1) is 26.3. The minimum Gasteiger partial charge on any atom is -0.491 e. The van der Waals surface area contributed by atoms with E-state index in [0.717, 1.165) is 15.2 Å². The molecule has 0 spiro atoms. The largest absolute Gasteiger partial charge is 0.491 e. The molecule has 3 aromatic rings. The predicted molar refractivity (Wildman–Crippen MR) is 132 cm³/mol. The Bertz CT molecular complexity index is 1350. The molecule has 1 aromatic heterocycles. The number of carboxylic acid groups (broad SMARTS) is 2. The molecule has 0 aliphatic rings. The summed E-state index contributed by atoms with van der Waals surface area (Å²) < 4.78 is 6.64. The number of benzene rings is 2. The van der Waals surface area contributed by atoms with E-state index in [2.05, 4.69) is 10.3 Å². The molecule has 12 heteroatoms. The number of aromatic nitrogens is 1. The second-order valence-electron chi connectivity index (χ2n) is 7.97. The summed E-state index contributed by atoms with van der Waals surface area (Å²) in [6, 6.07) is 8.62. The lowest BCUT2D eigenvalue weighted by Crippen LogP contribution is -2.39. The molecule has 0 aliphatic carbocycles. The molecule has 0 bridgehead atoms. The fourth-order valence-electron chi connectivity index (χ4n) is 3.39. The number of hydrogen-bond donors (Lipinski definition) is 5. The van der Waals surface area contributed by atoms with Crippen molar-refractivity contribution in [3.8, 4) is 5.75 Å².